The maximum atomic E-state index is 15.0. The van der Waals surface area contributed by atoms with Crippen molar-refractivity contribution >= 4 is 23.5 Å². The molecule has 2 aliphatic rings. The summed E-state index contributed by atoms with van der Waals surface area (Å²) in [4.78, 5) is 22.4. The van der Waals surface area contributed by atoms with E-state index in [1.165, 1.54) is 31.4 Å². The molecule has 0 bridgehead atoms. The minimum atomic E-state index is -0.549. The van der Waals surface area contributed by atoms with E-state index >= 15 is 0 Å². The van der Waals surface area contributed by atoms with E-state index in [-0.39, 0.29) is 17.0 Å². The van der Waals surface area contributed by atoms with Crippen molar-refractivity contribution in [2.75, 3.05) is 32.1 Å². The molecule has 1 unspecified atom stereocenters. The summed E-state index contributed by atoms with van der Waals surface area (Å²) in [5.41, 5.74) is 3.37. The summed E-state index contributed by atoms with van der Waals surface area (Å²) >= 11 is 1.63. The van der Waals surface area contributed by atoms with Crippen molar-refractivity contribution in [3.05, 3.63) is 71.6 Å². The van der Waals surface area contributed by atoms with Gasteiger partial charge in [-0.2, -0.15) is 0 Å². The first-order valence-corrected chi connectivity index (χ1v) is 14.8. The predicted molar refractivity (Wildman–Crippen MR) is 154 cm³/mol. The van der Waals surface area contributed by atoms with Crippen molar-refractivity contribution < 1.29 is 18.7 Å². The number of carbonyl (C=O) groups is 1. The molecular weight excluding hydrogens is 529 g/mol. The van der Waals surface area contributed by atoms with Gasteiger partial charge in [-0.1, -0.05) is 25.3 Å². The zero-order valence-corrected chi connectivity index (χ0v) is 23.6. The Labute approximate surface area is 238 Å². The number of urea groups is 1. The second-order valence-corrected chi connectivity index (χ2v) is 11.5. The second kappa shape index (κ2) is 13.9. The van der Waals surface area contributed by atoms with Crippen LogP contribution in [0.3, 0.4) is 0 Å². The Morgan fingerprint density at radius 3 is 2.75 bits per heavy atom. The molecule has 1 saturated carbocycles. The lowest BCUT2D eigenvalue weighted by atomic mass is 9.89. The summed E-state index contributed by atoms with van der Waals surface area (Å²) in [6.45, 7) is 2.84. The molecule has 1 aromatic carbocycles. The van der Waals surface area contributed by atoms with Crippen molar-refractivity contribution in [1.29, 1.82) is 0 Å². The van der Waals surface area contributed by atoms with E-state index in [4.69, 9.17) is 9.47 Å². The zero-order chi connectivity index (χ0) is 27.7. The molecule has 3 aromatic rings. The number of rotatable bonds is 11. The number of hydrogen-bond acceptors (Lipinski definition) is 7. The molecule has 3 heterocycles. The molecule has 1 atom stereocenters. The van der Waals surface area contributed by atoms with Crippen molar-refractivity contribution in [3.8, 4) is 11.5 Å². The third-order valence-electron chi connectivity index (χ3n) is 7.26. The van der Waals surface area contributed by atoms with Gasteiger partial charge in [0.05, 0.1) is 28.1 Å². The van der Waals surface area contributed by atoms with Gasteiger partial charge in [-0.3, -0.25) is 9.97 Å². The number of halogens is 1. The highest BCUT2D eigenvalue weighted by molar-refractivity contribution is 8.00. The zero-order valence-electron chi connectivity index (χ0n) is 22.7. The highest BCUT2D eigenvalue weighted by Gasteiger charge is 2.29. The van der Waals surface area contributed by atoms with Crippen LogP contribution in [0.4, 0.5) is 14.9 Å². The molecule has 2 aromatic heterocycles. The van der Waals surface area contributed by atoms with Gasteiger partial charge in [-0.15, -0.1) is 11.8 Å². The number of amides is 2. The van der Waals surface area contributed by atoms with Crippen molar-refractivity contribution in [3.63, 3.8) is 0 Å². The lowest BCUT2D eigenvalue weighted by Crippen LogP contribution is -2.33. The Bertz CT molecular complexity index is 1290. The lowest BCUT2D eigenvalue weighted by Gasteiger charge is -2.21. The van der Waals surface area contributed by atoms with E-state index in [9.17, 15) is 9.18 Å². The topological polar surface area (TPSA) is 97.4 Å². The standard InChI is InChI=1S/C30H36FN5O3S/c1-38-14-13-32-17-21-7-9-24(34-19-21)28-16-25-29(40-28)27(11-12-33-25)39-26-10-8-22(15-23(26)31)36-30(37)35-18-20-5-3-2-4-6-20/h7-12,15,19-20,28,32H,2-6,13-14,16-18H2,1H3,(H2,35,36,37). The van der Waals surface area contributed by atoms with E-state index in [2.05, 4.69) is 32.0 Å². The van der Waals surface area contributed by atoms with Crippen LogP contribution in [-0.2, 0) is 17.7 Å². The summed E-state index contributed by atoms with van der Waals surface area (Å²) in [7, 11) is 1.69. The summed E-state index contributed by atoms with van der Waals surface area (Å²) in [6, 6.07) is 10.0. The monoisotopic (exact) mass is 565 g/mol. The van der Waals surface area contributed by atoms with Gasteiger partial charge < -0.3 is 25.4 Å². The van der Waals surface area contributed by atoms with Gasteiger partial charge in [0.25, 0.3) is 0 Å². The Balaban J connectivity index is 1.17. The first-order chi connectivity index (χ1) is 19.6. The first kappa shape index (κ1) is 28.3. The minimum absolute atomic E-state index is 0.0917. The quantitative estimate of drug-likeness (QED) is 0.237. The van der Waals surface area contributed by atoms with Gasteiger partial charge in [-0.05, 0) is 42.5 Å². The number of fused-ring (bicyclic) bond motifs is 1. The average molecular weight is 566 g/mol. The van der Waals surface area contributed by atoms with E-state index < -0.39 is 5.82 Å². The molecule has 5 rings (SSSR count). The van der Waals surface area contributed by atoms with Crippen LogP contribution in [0.15, 0.2) is 53.7 Å². The van der Waals surface area contributed by atoms with Gasteiger partial charge >= 0.3 is 6.03 Å². The largest absolute Gasteiger partial charge is 0.453 e. The van der Waals surface area contributed by atoms with Crippen LogP contribution in [0.1, 0.15) is 54.3 Å². The Kier molecular flexibility index (Phi) is 9.85. The third kappa shape index (κ3) is 7.50. The molecule has 40 heavy (non-hydrogen) atoms. The van der Waals surface area contributed by atoms with Gasteiger partial charge in [0.1, 0.15) is 5.75 Å². The van der Waals surface area contributed by atoms with E-state index in [1.807, 2.05) is 12.3 Å². The van der Waals surface area contributed by atoms with Crippen LogP contribution in [-0.4, -0.2) is 42.8 Å². The van der Waals surface area contributed by atoms with Crippen LogP contribution < -0.4 is 20.7 Å². The molecule has 8 nitrogen and oxygen atoms in total. The number of aromatic nitrogens is 2. The molecule has 1 fully saturated rings. The molecule has 0 radical (unpaired) electrons. The van der Waals surface area contributed by atoms with Gasteiger partial charge in [0.15, 0.2) is 11.6 Å². The highest BCUT2D eigenvalue weighted by atomic mass is 32.2. The molecule has 2 amide bonds. The Morgan fingerprint density at radius 2 is 1.98 bits per heavy atom. The smallest absolute Gasteiger partial charge is 0.319 e. The number of ether oxygens (including phenoxy) is 2. The minimum Gasteiger partial charge on any atom is -0.453 e. The van der Waals surface area contributed by atoms with E-state index in [1.54, 1.807) is 37.2 Å². The fraction of sp³-hybridized carbons (Fsp3) is 0.433. The number of nitrogens with zero attached hydrogens (tertiary/aromatic N) is 2. The fourth-order valence-electron chi connectivity index (χ4n) is 5.07. The molecule has 1 aliphatic heterocycles. The lowest BCUT2D eigenvalue weighted by molar-refractivity contribution is 0.199. The van der Waals surface area contributed by atoms with Crippen LogP contribution in [0.2, 0.25) is 0 Å². The van der Waals surface area contributed by atoms with E-state index in [0.29, 0.717) is 30.5 Å². The summed E-state index contributed by atoms with van der Waals surface area (Å²) in [6.07, 6.45) is 10.3. The molecule has 0 saturated heterocycles. The highest BCUT2D eigenvalue weighted by Crippen LogP contribution is 2.50. The summed E-state index contributed by atoms with van der Waals surface area (Å²) < 4.78 is 26.0. The third-order valence-corrected chi connectivity index (χ3v) is 8.62. The number of hydrogen-bond donors (Lipinski definition) is 3. The summed E-state index contributed by atoms with van der Waals surface area (Å²) in [5, 5.41) is 9.06. The SMILES string of the molecule is COCCNCc1ccc(C2Cc3nccc(Oc4ccc(NC(=O)NCC5CCCCC5)cc4F)c3S2)nc1. The number of nitrogens with one attached hydrogen (secondary N) is 3. The number of methoxy groups -OCH3 is 1. The fourth-order valence-corrected chi connectivity index (χ4v) is 6.35. The van der Waals surface area contributed by atoms with E-state index in [0.717, 1.165) is 54.2 Å². The first-order valence-electron chi connectivity index (χ1n) is 13.9. The maximum Gasteiger partial charge on any atom is 0.319 e. The summed E-state index contributed by atoms with van der Waals surface area (Å²) in [5.74, 6) is 0.622. The number of carbonyl (C=O) groups excluding carboxylic acids is 1. The molecule has 10 heteroatoms. The second-order valence-electron chi connectivity index (χ2n) is 10.2. The van der Waals surface area contributed by atoms with Crippen LogP contribution in [0, 0.1) is 11.7 Å². The normalized spacial score (nSPS) is 16.9. The maximum absolute atomic E-state index is 15.0. The van der Waals surface area contributed by atoms with Crippen LogP contribution in [0.25, 0.3) is 0 Å². The van der Waals surface area contributed by atoms with Crippen molar-refractivity contribution in [1.82, 2.24) is 20.6 Å². The molecule has 1 aliphatic carbocycles. The number of anilines is 1. The van der Waals surface area contributed by atoms with Crippen LogP contribution in [0.5, 0.6) is 11.5 Å². The van der Waals surface area contributed by atoms with Crippen LogP contribution >= 0.6 is 11.8 Å². The average Bonchev–Trinajstić information content (AvgIpc) is 3.42. The van der Waals surface area contributed by atoms with Crippen molar-refractivity contribution in [2.45, 2.75) is 55.2 Å². The van der Waals surface area contributed by atoms with Gasteiger partial charge in [0, 0.05) is 63.4 Å². The number of benzene rings is 1. The van der Waals surface area contributed by atoms with Gasteiger partial charge in [-0.25, -0.2) is 9.18 Å². The van der Waals surface area contributed by atoms with Gasteiger partial charge in [0.2, 0.25) is 0 Å². The molecule has 3 N–H and O–H groups in total. The predicted octanol–water partition coefficient (Wildman–Crippen LogP) is 6.24. The molecule has 212 valence electrons. The Morgan fingerprint density at radius 1 is 1.10 bits per heavy atom. The number of pyridine rings is 2. The molecular formula is C30H36FN5O3S. The number of thioether (sulfide) groups is 1. The van der Waals surface area contributed by atoms with Crippen molar-refractivity contribution in [2.24, 2.45) is 5.92 Å². The molecule has 0 spiro atoms. The Hall–Kier alpha value is -3.21.